The number of hydrogen-bond donors (Lipinski definition) is 2. The number of morpholine rings is 1. The van der Waals surface area contributed by atoms with E-state index in [2.05, 4.69) is 49.3 Å². The lowest BCUT2D eigenvalue weighted by atomic mass is 10.1. The Morgan fingerprint density at radius 3 is 2.78 bits per heavy atom. The molecule has 3 aromatic rings. The fraction of sp³-hybridized carbons (Fsp3) is 0.286. The van der Waals surface area contributed by atoms with Crippen LogP contribution in [0.25, 0.3) is 10.9 Å². The number of carbonyl (C=O) groups is 1. The van der Waals surface area contributed by atoms with E-state index < -0.39 is 0 Å². The van der Waals surface area contributed by atoms with E-state index >= 15 is 0 Å². The maximum absolute atomic E-state index is 12.5. The quantitative estimate of drug-likeness (QED) is 0.652. The first-order valence-corrected chi connectivity index (χ1v) is 9.91. The predicted molar refractivity (Wildman–Crippen MR) is 110 cm³/mol. The van der Waals surface area contributed by atoms with Crippen molar-refractivity contribution in [2.24, 2.45) is 0 Å². The van der Waals surface area contributed by atoms with Crippen LogP contribution in [0.1, 0.15) is 21.6 Å². The lowest BCUT2D eigenvalue weighted by Gasteiger charge is -2.26. The predicted octanol–water partition coefficient (Wildman–Crippen LogP) is 3.69. The molecule has 0 aliphatic carbocycles. The number of H-pyrrole nitrogens is 1. The van der Waals surface area contributed by atoms with E-state index in [-0.39, 0.29) is 5.91 Å². The molecule has 1 fully saturated rings. The molecule has 0 unspecified atom stereocenters. The molecule has 140 valence electrons. The summed E-state index contributed by atoms with van der Waals surface area (Å²) in [5.41, 5.74) is 3.89. The molecule has 1 aliphatic heterocycles. The van der Waals surface area contributed by atoms with Gasteiger partial charge in [0, 0.05) is 41.6 Å². The van der Waals surface area contributed by atoms with Crippen LogP contribution in [-0.2, 0) is 17.8 Å². The van der Waals surface area contributed by atoms with Crippen molar-refractivity contribution in [3.63, 3.8) is 0 Å². The summed E-state index contributed by atoms with van der Waals surface area (Å²) in [7, 11) is 0. The number of nitrogens with one attached hydrogen (secondary N) is 2. The molecule has 27 heavy (non-hydrogen) atoms. The number of halogens is 1. The third kappa shape index (κ3) is 4.58. The molecular weight excluding hydrogens is 406 g/mol. The Kier molecular flexibility index (Phi) is 5.57. The summed E-state index contributed by atoms with van der Waals surface area (Å²) < 4.78 is 6.39. The molecule has 4 rings (SSSR count). The van der Waals surface area contributed by atoms with E-state index in [4.69, 9.17) is 4.74 Å². The molecule has 1 aliphatic rings. The Hall–Kier alpha value is -2.15. The first-order chi connectivity index (χ1) is 13.2. The van der Waals surface area contributed by atoms with Gasteiger partial charge in [-0.1, -0.05) is 46.3 Å². The zero-order valence-electron chi connectivity index (χ0n) is 15.0. The Labute approximate surface area is 166 Å². The van der Waals surface area contributed by atoms with Gasteiger partial charge < -0.3 is 15.0 Å². The van der Waals surface area contributed by atoms with Crippen LogP contribution in [0.2, 0.25) is 0 Å². The maximum atomic E-state index is 12.5. The van der Waals surface area contributed by atoms with Gasteiger partial charge in [-0.25, -0.2) is 0 Å². The van der Waals surface area contributed by atoms with Crippen LogP contribution in [-0.4, -0.2) is 42.1 Å². The maximum Gasteiger partial charge on any atom is 0.267 e. The van der Waals surface area contributed by atoms with Gasteiger partial charge in [-0.15, -0.1) is 0 Å². The molecule has 2 N–H and O–H groups in total. The monoisotopic (exact) mass is 427 g/mol. The first-order valence-electron chi connectivity index (χ1n) is 9.12. The van der Waals surface area contributed by atoms with Crippen molar-refractivity contribution in [2.45, 2.75) is 13.1 Å². The number of benzene rings is 2. The lowest BCUT2D eigenvalue weighted by Crippen LogP contribution is -2.35. The van der Waals surface area contributed by atoms with Gasteiger partial charge in [0.1, 0.15) is 5.69 Å². The fourth-order valence-electron chi connectivity index (χ4n) is 3.35. The number of rotatable bonds is 5. The standard InChI is InChI=1S/C21H22BrN3O2/c22-18-5-4-17-11-20(24-19(17)12-18)21(26)23-13-15-2-1-3-16(10-15)14-25-6-8-27-9-7-25/h1-5,10-12,24H,6-9,13-14H2,(H,23,26). The summed E-state index contributed by atoms with van der Waals surface area (Å²) in [6.07, 6.45) is 0. The minimum Gasteiger partial charge on any atom is -0.379 e. The molecule has 0 spiro atoms. The highest BCUT2D eigenvalue weighted by Gasteiger charge is 2.12. The molecular formula is C21H22BrN3O2. The van der Waals surface area contributed by atoms with Gasteiger partial charge in [0.05, 0.1) is 13.2 Å². The fourth-order valence-corrected chi connectivity index (χ4v) is 3.72. The summed E-state index contributed by atoms with van der Waals surface area (Å²) in [6.45, 7) is 4.97. The van der Waals surface area contributed by atoms with Crippen LogP contribution in [0.3, 0.4) is 0 Å². The summed E-state index contributed by atoms with van der Waals surface area (Å²) in [5.74, 6) is -0.0964. The van der Waals surface area contributed by atoms with E-state index in [1.54, 1.807) is 0 Å². The van der Waals surface area contributed by atoms with E-state index in [0.29, 0.717) is 12.2 Å². The van der Waals surface area contributed by atoms with Crippen LogP contribution in [0.5, 0.6) is 0 Å². The third-order valence-electron chi connectivity index (χ3n) is 4.78. The normalized spacial score (nSPS) is 15.1. The van der Waals surface area contributed by atoms with Crippen molar-refractivity contribution in [1.82, 2.24) is 15.2 Å². The molecule has 0 saturated carbocycles. The number of hydrogen-bond acceptors (Lipinski definition) is 3. The third-order valence-corrected chi connectivity index (χ3v) is 5.28. The molecule has 1 aromatic heterocycles. The van der Waals surface area contributed by atoms with Gasteiger partial charge in [-0.05, 0) is 29.3 Å². The number of nitrogens with zero attached hydrogens (tertiary/aromatic N) is 1. The van der Waals surface area contributed by atoms with Crippen LogP contribution >= 0.6 is 15.9 Å². The van der Waals surface area contributed by atoms with Crippen molar-refractivity contribution < 1.29 is 9.53 Å². The summed E-state index contributed by atoms with van der Waals surface area (Å²) in [4.78, 5) is 18.1. The average molecular weight is 428 g/mol. The highest BCUT2D eigenvalue weighted by molar-refractivity contribution is 9.10. The highest BCUT2D eigenvalue weighted by atomic mass is 79.9. The zero-order chi connectivity index (χ0) is 18.6. The first kappa shape index (κ1) is 18.2. The van der Waals surface area contributed by atoms with Gasteiger partial charge in [-0.3, -0.25) is 9.69 Å². The summed E-state index contributed by atoms with van der Waals surface area (Å²) in [6, 6.07) is 16.2. The van der Waals surface area contributed by atoms with Gasteiger partial charge in [0.2, 0.25) is 0 Å². The second-order valence-corrected chi connectivity index (χ2v) is 7.72. The number of aromatic amines is 1. The minimum absolute atomic E-state index is 0.0964. The molecule has 1 amide bonds. The number of amides is 1. The second-order valence-electron chi connectivity index (χ2n) is 6.81. The van der Waals surface area contributed by atoms with Crippen LogP contribution in [0, 0.1) is 0 Å². The zero-order valence-corrected chi connectivity index (χ0v) is 16.6. The van der Waals surface area contributed by atoms with Crippen LogP contribution in [0.4, 0.5) is 0 Å². The van der Waals surface area contributed by atoms with E-state index in [0.717, 1.165) is 53.8 Å². The Balaban J connectivity index is 1.38. The number of aromatic nitrogens is 1. The van der Waals surface area contributed by atoms with E-state index in [1.165, 1.54) is 5.56 Å². The molecule has 0 bridgehead atoms. The number of carbonyl (C=O) groups excluding carboxylic acids is 1. The van der Waals surface area contributed by atoms with Gasteiger partial charge in [0.25, 0.3) is 5.91 Å². The SMILES string of the molecule is O=C(NCc1cccc(CN2CCOCC2)c1)c1cc2ccc(Br)cc2[nH]1. The smallest absolute Gasteiger partial charge is 0.267 e. The number of ether oxygens (including phenoxy) is 1. The molecule has 5 nitrogen and oxygen atoms in total. The summed E-state index contributed by atoms with van der Waals surface area (Å²) in [5, 5.41) is 4.03. The number of fused-ring (bicyclic) bond motifs is 1. The van der Waals surface area contributed by atoms with Crippen molar-refractivity contribution in [3.8, 4) is 0 Å². The average Bonchev–Trinajstić information content (AvgIpc) is 3.10. The minimum atomic E-state index is -0.0964. The van der Waals surface area contributed by atoms with Gasteiger partial charge >= 0.3 is 0 Å². The van der Waals surface area contributed by atoms with Crippen molar-refractivity contribution in [1.29, 1.82) is 0 Å². The van der Waals surface area contributed by atoms with Crippen LogP contribution < -0.4 is 5.32 Å². The highest BCUT2D eigenvalue weighted by Crippen LogP contribution is 2.20. The molecule has 0 radical (unpaired) electrons. The van der Waals surface area contributed by atoms with Crippen molar-refractivity contribution >= 4 is 32.7 Å². The molecule has 6 heteroatoms. The topological polar surface area (TPSA) is 57.4 Å². The van der Waals surface area contributed by atoms with Crippen molar-refractivity contribution in [3.05, 3.63) is 69.8 Å². The van der Waals surface area contributed by atoms with E-state index in [1.807, 2.05) is 30.3 Å². The summed E-state index contributed by atoms with van der Waals surface area (Å²) >= 11 is 3.45. The largest absolute Gasteiger partial charge is 0.379 e. The molecule has 0 atom stereocenters. The molecule has 2 aromatic carbocycles. The van der Waals surface area contributed by atoms with Gasteiger partial charge in [0.15, 0.2) is 0 Å². The Bertz CT molecular complexity index is 948. The van der Waals surface area contributed by atoms with E-state index in [9.17, 15) is 4.79 Å². The Morgan fingerprint density at radius 2 is 1.93 bits per heavy atom. The van der Waals surface area contributed by atoms with Gasteiger partial charge in [-0.2, -0.15) is 0 Å². The lowest BCUT2D eigenvalue weighted by molar-refractivity contribution is 0.0342. The second kappa shape index (κ2) is 8.25. The Morgan fingerprint density at radius 1 is 1.11 bits per heavy atom. The molecule has 1 saturated heterocycles. The van der Waals surface area contributed by atoms with Crippen molar-refractivity contribution in [2.75, 3.05) is 26.3 Å². The van der Waals surface area contributed by atoms with Crippen LogP contribution in [0.15, 0.2) is 53.0 Å². The molecule has 2 heterocycles.